The molecule has 0 N–H and O–H groups in total. The van der Waals surface area contributed by atoms with Crippen molar-refractivity contribution in [3.05, 3.63) is 44.7 Å². The zero-order chi connectivity index (χ0) is 22.0. The van der Waals surface area contributed by atoms with Gasteiger partial charge in [0.25, 0.3) is 0 Å². The number of alkyl halides is 3. The van der Waals surface area contributed by atoms with Crippen LogP contribution >= 0.6 is 35.2 Å². The second-order valence-corrected chi connectivity index (χ2v) is 9.97. The summed E-state index contributed by atoms with van der Waals surface area (Å²) in [6, 6.07) is 4.31. The normalized spacial score (nSPS) is 13.2. The van der Waals surface area contributed by atoms with Crippen LogP contribution in [0.1, 0.15) is 45.1 Å². The Morgan fingerprint density at radius 2 is 1.93 bits per heavy atom. The van der Waals surface area contributed by atoms with E-state index in [2.05, 4.69) is 45.8 Å². The van der Waals surface area contributed by atoms with E-state index >= 15 is 0 Å². The Bertz CT molecular complexity index is 940. The summed E-state index contributed by atoms with van der Waals surface area (Å²) in [5.41, 5.74) is 0.203. The molecule has 0 amide bonds. The molecule has 0 atom stereocenters. The summed E-state index contributed by atoms with van der Waals surface area (Å²) in [5.74, 6) is 0.394. The van der Waals surface area contributed by atoms with Crippen LogP contribution in [0.2, 0.25) is 5.02 Å². The van der Waals surface area contributed by atoms with E-state index in [0.717, 1.165) is 11.4 Å². The SMILES string of the molecule is CC(C)Cn1cc(C(C)(C)C)s/c1=N\C(=S)c1cc(Cl)ccc1OCC(F)(F)F. The molecule has 160 valence electrons. The summed E-state index contributed by atoms with van der Waals surface area (Å²) in [6.07, 6.45) is -2.39. The zero-order valence-electron chi connectivity index (χ0n) is 16.9. The fourth-order valence-corrected chi connectivity index (χ4v) is 3.98. The first kappa shape index (κ1) is 23.9. The highest BCUT2D eigenvalue weighted by atomic mass is 35.5. The molecule has 0 bridgehead atoms. The lowest BCUT2D eigenvalue weighted by Crippen LogP contribution is -2.21. The molecule has 1 heterocycles. The van der Waals surface area contributed by atoms with Gasteiger partial charge < -0.3 is 9.30 Å². The molecule has 9 heteroatoms. The lowest BCUT2D eigenvalue weighted by molar-refractivity contribution is -0.153. The molecule has 0 spiro atoms. The van der Waals surface area contributed by atoms with E-state index in [9.17, 15) is 13.2 Å². The van der Waals surface area contributed by atoms with Gasteiger partial charge in [-0.25, -0.2) is 4.99 Å². The Morgan fingerprint density at radius 3 is 2.48 bits per heavy atom. The Hall–Kier alpha value is -1.38. The molecule has 0 aliphatic heterocycles. The Morgan fingerprint density at radius 1 is 1.28 bits per heavy atom. The lowest BCUT2D eigenvalue weighted by Gasteiger charge is -2.14. The van der Waals surface area contributed by atoms with Crippen LogP contribution in [0.25, 0.3) is 0 Å². The Labute approximate surface area is 183 Å². The number of rotatable bonds is 5. The molecule has 0 saturated carbocycles. The number of hydrogen-bond donors (Lipinski definition) is 0. The molecule has 0 fully saturated rings. The monoisotopic (exact) mass is 464 g/mol. The number of ether oxygens (including phenoxy) is 1. The van der Waals surface area contributed by atoms with Gasteiger partial charge in [-0.05, 0) is 29.5 Å². The van der Waals surface area contributed by atoms with Crippen molar-refractivity contribution in [3.63, 3.8) is 0 Å². The third kappa shape index (κ3) is 7.12. The van der Waals surface area contributed by atoms with Crippen molar-refractivity contribution in [2.75, 3.05) is 6.61 Å². The first-order valence-corrected chi connectivity index (χ1v) is 10.7. The summed E-state index contributed by atoms with van der Waals surface area (Å²) < 4.78 is 44.7. The first-order valence-electron chi connectivity index (χ1n) is 9.05. The van der Waals surface area contributed by atoms with Gasteiger partial charge in [-0.3, -0.25) is 0 Å². The topological polar surface area (TPSA) is 26.5 Å². The highest BCUT2D eigenvalue weighted by molar-refractivity contribution is 7.80. The van der Waals surface area contributed by atoms with Crippen molar-refractivity contribution < 1.29 is 17.9 Å². The van der Waals surface area contributed by atoms with Gasteiger partial charge in [0.05, 0.1) is 5.56 Å². The van der Waals surface area contributed by atoms with Crippen molar-refractivity contribution in [1.82, 2.24) is 4.57 Å². The summed E-state index contributed by atoms with van der Waals surface area (Å²) in [5, 5.41) is 0.341. The third-order valence-electron chi connectivity index (χ3n) is 3.78. The molecule has 2 rings (SSSR count). The van der Waals surface area contributed by atoms with Crippen molar-refractivity contribution >= 4 is 40.1 Å². The van der Waals surface area contributed by atoms with Crippen molar-refractivity contribution in [3.8, 4) is 5.75 Å². The smallest absolute Gasteiger partial charge is 0.422 e. The largest absolute Gasteiger partial charge is 0.483 e. The van der Waals surface area contributed by atoms with E-state index < -0.39 is 12.8 Å². The van der Waals surface area contributed by atoms with Crippen molar-refractivity contribution in [1.29, 1.82) is 0 Å². The van der Waals surface area contributed by atoms with E-state index in [1.54, 1.807) is 0 Å². The van der Waals surface area contributed by atoms with Gasteiger partial charge in [-0.2, -0.15) is 13.2 Å². The van der Waals surface area contributed by atoms with Gasteiger partial charge in [-0.15, -0.1) is 11.3 Å². The standard InChI is InChI=1S/C20H24ClF3N2OS2/c1-12(2)9-26-10-16(19(3,4)5)29-18(26)25-17(28)14-8-13(21)6-7-15(14)27-11-20(22,23)24/h6-8,10,12H,9,11H2,1-5H3/b25-18-. The average molecular weight is 465 g/mol. The van der Waals surface area contributed by atoms with Gasteiger partial charge in [0.1, 0.15) is 10.7 Å². The summed E-state index contributed by atoms with van der Waals surface area (Å²) in [6.45, 7) is 9.88. The maximum atomic E-state index is 12.6. The number of thiazole rings is 1. The highest BCUT2D eigenvalue weighted by Crippen LogP contribution is 2.27. The molecule has 1 aromatic carbocycles. The van der Waals surface area contributed by atoms with Crippen LogP contribution in [0.15, 0.2) is 29.4 Å². The zero-order valence-corrected chi connectivity index (χ0v) is 19.3. The van der Waals surface area contributed by atoms with Gasteiger partial charge in [-0.1, -0.05) is 58.4 Å². The van der Waals surface area contributed by atoms with Crippen LogP contribution in [0, 0.1) is 5.92 Å². The average Bonchev–Trinajstić information content (AvgIpc) is 2.95. The minimum atomic E-state index is -4.45. The Balaban J connectivity index is 2.49. The molecule has 1 aromatic heterocycles. The maximum absolute atomic E-state index is 12.6. The number of hydrogen-bond acceptors (Lipinski definition) is 3. The predicted molar refractivity (Wildman–Crippen MR) is 116 cm³/mol. The Kier molecular flexibility index (Phi) is 7.57. The maximum Gasteiger partial charge on any atom is 0.422 e. The van der Waals surface area contributed by atoms with Gasteiger partial charge >= 0.3 is 6.18 Å². The number of halogens is 4. The first-order chi connectivity index (χ1) is 13.3. The molecule has 2 aromatic rings. The molecule has 29 heavy (non-hydrogen) atoms. The molecule has 0 aliphatic rings. The highest BCUT2D eigenvalue weighted by Gasteiger charge is 2.29. The lowest BCUT2D eigenvalue weighted by atomic mass is 9.95. The number of benzene rings is 1. The summed E-state index contributed by atoms with van der Waals surface area (Å²) in [4.78, 5) is 6.51. The van der Waals surface area contributed by atoms with Gasteiger partial charge in [0, 0.05) is 22.6 Å². The second kappa shape index (κ2) is 9.18. The predicted octanol–water partition coefficient (Wildman–Crippen LogP) is 6.37. The van der Waals surface area contributed by atoms with E-state index in [1.165, 1.54) is 29.5 Å². The van der Waals surface area contributed by atoms with Gasteiger partial charge in [0.2, 0.25) is 0 Å². The third-order valence-corrected chi connectivity index (χ3v) is 5.77. The molecular weight excluding hydrogens is 441 g/mol. The molecular formula is C20H24ClF3N2OS2. The van der Waals surface area contributed by atoms with Crippen molar-refractivity contribution in [2.24, 2.45) is 10.9 Å². The molecule has 0 aliphatic carbocycles. The number of nitrogens with zero attached hydrogens (tertiary/aromatic N) is 2. The minimum Gasteiger partial charge on any atom is -0.483 e. The molecule has 3 nitrogen and oxygen atoms in total. The van der Waals surface area contributed by atoms with Crippen LogP contribution in [-0.2, 0) is 12.0 Å². The molecule has 0 unspecified atom stereocenters. The number of thiocarbonyl (C=S) groups is 1. The fraction of sp³-hybridized carbons (Fsp3) is 0.500. The molecule has 0 saturated heterocycles. The number of aromatic nitrogens is 1. The van der Waals surface area contributed by atoms with Crippen LogP contribution in [0.4, 0.5) is 13.2 Å². The van der Waals surface area contributed by atoms with E-state index in [0.29, 0.717) is 15.7 Å². The van der Waals surface area contributed by atoms with Crippen LogP contribution in [-0.4, -0.2) is 22.3 Å². The summed E-state index contributed by atoms with van der Waals surface area (Å²) in [7, 11) is 0. The fourth-order valence-electron chi connectivity index (χ4n) is 2.44. The summed E-state index contributed by atoms with van der Waals surface area (Å²) >= 11 is 13.0. The van der Waals surface area contributed by atoms with E-state index in [-0.39, 0.29) is 21.7 Å². The van der Waals surface area contributed by atoms with Crippen LogP contribution in [0.3, 0.4) is 0 Å². The van der Waals surface area contributed by atoms with Crippen LogP contribution < -0.4 is 9.54 Å². The van der Waals surface area contributed by atoms with Crippen molar-refractivity contribution in [2.45, 2.75) is 52.8 Å². The van der Waals surface area contributed by atoms with Crippen LogP contribution in [0.5, 0.6) is 5.75 Å². The quantitative estimate of drug-likeness (QED) is 0.480. The molecule has 0 radical (unpaired) electrons. The van der Waals surface area contributed by atoms with Gasteiger partial charge in [0.15, 0.2) is 11.4 Å². The van der Waals surface area contributed by atoms with E-state index in [4.69, 9.17) is 28.6 Å². The van der Waals surface area contributed by atoms with E-state index in [1.807, 2.05) is 4.57 Å². The second-order valence-electron chi connectivity index (χ2n) is 8.14. The minimum absolute atomic E-state index is 0.00323.